The first-order valence-corrected chi connectivity index (χ1v) is 16.5. The monoisotopic (exact) mass is 726 g/mol. The van der Waals surface area contributed by atoms with Crippen LogP contribution in [0.4, 0.5) is 24.7 Å². The molecule has 3 atom stereocenters. The van der Waals surface area contributed by atoms with Crippen LogP contribution in [0.25, 0.3) is 33.2 Å². The van der Waals surface area contributed by atoms with Gasteiger partial charge in [0.15, 0.2) is 0 Å². The number of halogens is 5. The third-order valence-corrected chi connectivity index (χ3v) is 9.82. The first-order valence-electron chi connectivity index (χ1n) is 15.8. The lowest BCUT2D eigenvalue weighted by Crippen LogP contribution is -2.46. The van der Waals surface area contributed by atoms with Crippen LogP contribution in [0, 0.1) is 0 Å². The molecule has 1 saturated heterocycles. The predicted molar refractivity (Wildman–Crippen MR) is 184 cm³/mol. The largest absolute Gasteiger partial charge is 0.481 e. The predicted octanol–water partition coefficient (Wildman–Crippen LogP) is 6.74. The van der Waals surface area contributed by atoms with Gasteiger partial charge in [0.2, 0.25) is 5.88 Å². The van der Waals surface area contributed by atoms with Crippen molar-refractivity contribution in [2.45, 2.75) is 43.7 Å². The van der Waals surface area contributed by atoms with Crippen molar-refractivity contribution in [1.29, 1.82) is 0 Å². The van der Waals surface area contributed by atoms with E-state index in [2.05, 4.69) is 15.4 Å². The average Bonchev–Trinajstić information content (AvgIpc) is 3.50. The van der Waals surface area contributed by atoms with Crippen molar-refractivity contribution in [2.24, 2.45) is 12.8 Å². The van der Waals surface area contributed by atoms with Crippen molar-refractivity contribution in [1.82, 2.24) is 19.7 Å². The lowest BCUT2D eigenvalue weighted by Gasteiger charge is -2.30. The maximum atomic E-state index is 13.8. The Morgan fingerprint density at radius 3 is 2.52 bits per heavy atom. The second-order valence-corrected chi connectivity index (χ2v) is 13.0. The highest BCUT2D eigenvalue weighted by Crippen LogP contribution is 2.44. The van der Waals surface area contributed by atoms with Crippen molar-refractivity contribution < 1.29 is 27.4 Å². The van der Waals surface area contributed by atoms with Crippen LogP contribution in [-0.2, 0) is 35.5 Å². The molecule has 10 nitrogen and oxygen atoms in total. The van der Waals surface area contributed by atoms with Crippen molar-refractivity contribution in [3.05, 3.63) is 91.9 Å². The number of aromatic nitrogens is 4. The molecule has 15 heteroatoms. The first kappa shape index (κ1) is 34.2. The molecule has 5 aromatic rings. The van der Waals surface area contributed by atoms with Gasteiger partial charge in [0, 0.05) is 53.8 Å². The molecular weight excluding hydrogens is 696 g/mol. The van der Waals surface area contributed by atoms with Crippen LogP contribution in [0.3, 0.4) is 0 Å². The minimum absolute atomic E-state index is 0.0253. The van der Waals surface area contributed by atoms with Gasteiger partial charge in [-0.1, -0.05) is 53.5 Å². The van der Waals surface area contributed by atoms with Gasteiger partial charge in [-0.3, -0.25) is 4.79 Å². The molecule has 0 amide bonds. The van der Waals surface area contributed by atoms with Gasteiger partial charge < -0.3 is 25.3 Å². The summed E-state index contributed by atoms with van der Waals surface area (Å²) in [6.07, 6.45) is -1.88. The van der Waals surface area contributed by atoms with Crippen molar-refractivity contribution in [2.75, 3.05) is 25.6 Å². The molecule has 2 aromatic carbocycles. The lowest BCUT2D eigenvalue weighted by molar-refractivity contribution is -0.141. The minimum Gasteiger partial charge on any atom is -0.481 e. The molecule has 1 aliphatic heterocycles. The summed E-state index contributed by atoms with van der Waals surface area (Å²) in [5.74, 6) is 0.159. The fraction of sp³-hybridized carbons (Fsp3) is 0.314. The standard InChI is InChI=1S/C35H31Cl2F3N6O4/c1-46-34(47)29-18(15-42-46)13-28(35(38,39)40)45-32(29)43-25-8-4-6-21(31(25)37)20-5-3-7-22(30(20)36)26-12-17-11-19(14-23(17)33(44-26)48-2)50-27-16-49-10-9-24(27)41/h3-8,12-13,15,19,24,27H,9-11,14,16,41H2,1-2H3,(H,43,45)/t19?,24-,27+/m0/s1. The molecule has 50 heavy (non-hydrogen) atoms. The lowest BCUT2D eigenvalue weighted by atomic mass is 9.99. The van der Waals surface area contributed by atoms with Gasteiger partial charge >= 0.3 is 6.18 Å². The molecule has 260 valence electrons. The number of hydrogen-bond donors (Lipinski definition) is 2. The van der Waals surface area contributed by atoms with Crippen molar-refractivity contribution >= 4 is 45.5 Å². The summed E-state index contributed by atoms with van der Waals surface area (Å²) in [6.45, 7) is 1.08. The molecule has 0 bridgehead atoms. The smallest absolute Gasteiger partial charge is 0.433 e. The summed E-state index contributed by atoms with van der Waals surface area (Å²) in [5, 5.41) is 7.13. The van der Waals surface area contributed by atoms with Gasteiger partial charge in [0.25, 0.3) is 5.56 Å². The van der Waals surface area contributed by atoms with Gasteiger partial charge in [-0.25, -0.2) is 14.6 Å². The fourth-order valence-electron chi connectivity index (χ4n) is 6.46. The number of alkyl halides is 3. The van der Waals surface area contributed by atoms with Crippen LogP contribution in [0.15, 0.2) is 59.5 Å². The van der Waals surface area contributed by atoms with Crippen LogP contribution < -0.4 is 21.3 Å². The summed E-state index contributed by atoms with van der Waals surface area (Å²) >= 11 is 14.0. The van der Waals surface area contributed by atoms with Gasteiger partial charge in [-0.15, -0.1) is 0 Å². The van der Waals surface area contributed by atoms with Gasteiger partial charge in [-0.2, -0.15) is 18.3 Å². The minimum atomic E-state index is -4.77. The highest BCUT2D eigenvalue weighted by Gasteiger charge is 2.35. The molecule has 4 heterocycles. The number of fused-ring (bicyclic) bond motifs is 2. The number of anilines is 2. The Hall–Kier alpha value is -4.27. The van der Waals surface area contributed by atoms with E-state index in [9.17, 15) is 18.0 Å². The molecule has 3 aromatic heterocycles. The maximum Gasteiger partial charge on any atom is 0.433 e. The zero-order valence-electron chi connectivity index (χ0n) is 26.9. The number of benzene rings is 2. The summed E-state index contributed by atoms with van der Waals surface area (Å²) in [7, 11) is 2.96. The summed E-state index contributed by atoms with van der Waals surface area (Å²) in [4.78, 5) is 21.6. The van der Waals surface area contributed by atoms with Gasteiger partial charge in [0.05, 0.1) is 58.9 Å². The number of nitrogens with one attached hydrogen (secondary N) is 1. The molecule has 0 spiro atoms. The number of nitrogens with two attached hydrogens (primary N) is 1. The molecule has 1 fully saturated rings. The van der Waals surface area contributed by atoms with Gasteiger partial charge in [-0.05, 0) is 36.6 Å². The van der Waals surface area contributed by atoms with E-state index in [0.717, 1.165) is 28.3 Å². The third-order valence-electron chi connectivity index (χ3n) is 9.01. The highest BCUT2D eigenvalue weighted by atomic mass is 35.5. The van der Waals surface area contributed by atoms with Crippen LogP contribution >= 0.6 is 23.2 Å². The van der Waals surface area contributed by atoms with E-state index in [0.29, 0.717) is 59.3 Å². The Morgan fingerprint density at radius 2 is 1.78 bits per heavy atom. The normalized spacial score (nSPS) is 19.1. The maximum absolute atomic E-state index is 13.8. The van der Waals surface area contributed by atoms with Crippen LogP contribution in [0.2, 0.25) is 10.0 Å². The summed E-state index contributed by atoms with van der Waals surface area (Å²) < 4.78 is 60.0. The van der Waals surface area contributed by atoms with Crippen LogP contribution in [0.5, 0.6) is 5.88 Å². The Balaban J connectivity index is 1.23. The second-order valence-electron chi connectivity index (χ2n) is 12.2. The zero-order chi connectivity index (χ0) is 35.3. The molecule has 0 radical (unpaired) electrons. The summed E-state index contributed by atoms with van der Waals surface area (Å²) in [6, 6.07) is 13.1. The summed E-state index contributed by atoms with van der Waals surface area (Å²) in [5.41, 5.74) is 8.90. The van der Waals surface area contributed by atoms with E-state index < -0.39 is 17.4 Å². The number of methoxy groups -OCH3 is 1. The molecule has 1 aliphatic carbocycles. The second kappa shape index (κ2) is 13.5. The number of nitrogens with zero attached hydrogens (tertiary/aromatic N) is 4. The van der Waals surface area contributed by atoms with E-state index in [4.69, 9.17) is 48.1 Å². The Morgan fingerprint density at radius 1 is 1.04 bits per heavy atom. The topological polar surface area (TPSA) is 126 Å². The molecule has 7 rings (SSSR count). The van der Waals surface area contributed by atoms with Gasteiger partial charge in [0.1, 0.15) is 11.5 Å². The van der Waals surface area contributed by atoms with Crippen LogP contribution in [-0.4, -0.2) is 58.3 Å². The average molecular weight is 728 g/mol. The molecule has 3 N–H and O–H groups in total. The number of ether oxygens (including phenoxy) is 3. The molecule has 2 aliphatic rings. The Kier molecular flexibility index (Phi) is 9.20. The Bertz CT molecular complexity index is 2180. The Labute approximate surface area is 294 Å². The highest BCUT2D eigenvalue weighted by molar-refractivity contribution is 6.39. The van der Waals surface area contributed by atoms with E-state index in [1.54, 1.807) is 31.4 Å². The van der Waals surface area contributed by atoms with E-state index >= 15 is 0 Å². The van der Waals surface area contributed by atoms with E-state index in [1.165, 1.54) is 13.2 Å². The van der Waals surface area contributed by atoms with Crippen molar-refractivity contribution in [3.63, 3.8) is 0 Å². The zero-order valence-corrected chi connectivity index (χ0v) is 28.4. The number of hydrogen-bond acceptors (Lipinski definition) is 9. The van der Waals surface area contributed by atoms with E-state index in [-0.39, 0.29) is 45.6 Å². The third kappa shape index (κ3) is 6.40. The first-order chi connectivity index (χ1) is 23.9. The van der Waals surface area contributed by atoms with Crippen LogP contribution in [0.1, 0.15) is 23.2 Å². The SMILES string of the molecule is COc1nc(-c2cccc(-c3cccc(Nc4nc(C(F)(F)F)cc5cnn(C)c(=O)c45)c3Cl)c2Cl)cc2c1CC(O[C@@H]1COCC[C@@H]1N)C2. The van der Waals surface area contributed by atoms with Crippen molar-refractivity contribution in [3.8, 4) is 28.3 Å². The quantitative estimate of drug-likeness (QED) is 0.188. The fourth-order valence-corrected chi connectivity index (χ4v) is 7.05. The molecule has 1 unspecified atom stereocenters. The number of rotatable bonds is 7. The molecular formula is C35H31Cl2F3N6O4. The number of pyridine rings is 2. The number of aryl methyl sites for hydroxylation is 1. The molecule has 0 saturated carbocycles. The van der Waals surface area contributed by atoms with E-state index in [1.807, 2.05) is 18.2 Å².